The number of ether oxygens (including phenoxy) is 1. The van der Waals surface area contributed by atoms with Crippen molar-refractivity contribution in [3.63, 3.8) is 0 Å². The average molecular weight is 273 g/mol. The summed E-state index contributed by atoms with van der Waals surface area (Å²) in [5, 5.41) is 13.6. The molecule has 98 valence electrons. The first-order valence-electron chi connectivity index (χ1n) is 5.52. The molecule has 2 saturated heterocycles. The Morgan fingerprint density at radius 2 is 1.69 bits per heavy atom. The largest absolute Gasteiger partial charge is 0.388 e. The molecule has 0 amide bonds. The minimum Gasteiger partial charge on any atom is -0.388 e. The maximum absolute atomic E-state index is 10.3. The Hall–Kier alpha value is 0.420. The number of morpholine rings is 1. The van der Waals surface area contributed by atoms with E-state index in [1.807, 2.05) is 0 Å². The number of hydrogen-bond acceptors (Lipinski definition) is 4. The van der Waals surface area contributed by atoms with Gasteiger partial charge in [0.25, 0.3) is 0 Å². The van der Waals surface area contributed by atoms with Gasteiger partial charge in [0.1, 0.15) is 0 Å². The monoisotopic (exact) mass is 272 g/mol. The van der Waals surface area contributed by atoms with Gasteiger partial charge in [-0.2, -0.15) is 0 Å². The summed E-state index contributed by atoms with van der Waals surface area (Å²) in [4.78, 5) is 2.31. The summed E-state index contributed by atoms with van der Waals surface area (Å²) in [6.07, 6.45) is 1.76. The molecular weight excluding hydrogens is 251 g/mol. The van der Waals surface area contributed by atoms with Gasteiger partial charge in [-0.25, -0.2) is 0 Å². The molecule has 2 rings (SSSR count). The molecule has 0 saturated carbocycles. The second kappa shape index (κ2) is 7.69. The quantitative estimate of drug-likeness (QED) is 0.758. The molecule has 0 aromatic carbocycles. The van der Waals surface area contributed by atoms with Crippen LogP contribution in [0.3, 0.4) is 0 Å². The molecule has 2 aliphatic rings. The highest BCUT2D eigenvalue weighted by molar-refractivity contribution is 5.85. The molecule has 4 nitrogen and oxygen atoms in total. The molecule has 2 N–H and O–H groups in total. The van der Waals surface area contributed by atoms with Gasteiger partial charge < -0.3 is 15.2 Å². The van der Waals surface area contributed by atoms with Crippen LogP contribution in [0.2, 0.25) is 0 Å². The second-order valence-corrected chi connectivity index (χ2v) is 4.36. The van der Waals surface area contributed by atoms with Crippen molar-refractivity contribution in [1.29, 1.82) is 0 Å². The molecular formula is C10H22Cl2N2O2. The van der Waals surface area contributed by atoms with Crippen LogP contribution in [-0.4, -0.2) is 61.5 Å². The van der Waals surface area contributed by atoms with E-state index in [2.05, 4.69) is 10.2 Å². The first-order chi connectivity index (χ1) is 6.79. The predicted molar refractivity (Wildman–Crippen MR) is 68.8 cm³/mol. The summed E-state index contributed by atoms with van der Waals surface area (Å²) < 4.78 is 5.29. The van der Waals surface area contributed by atoms with Crippen LogP contribution in [-0.2, 0) is 4.74 Å². The van der Waals surface area contributed by atoms with Gasteiger partial charge in [0.2, 0.25) is 0 Å². The first-order valence-corrected chi connectivity index (χ1v) is 5.52. The van der Waals surface area contributed by atoms with E-state index in [0.717, 1.165) is 58.8 Å². The Balaban J connectivity index is 0.00000112. The van der Waals surface area contributed by atoms with Crippen LogP contribution < -0.4 is 5.32 Å². The van der Waals surface area contributed by atoms with Crippen molar-refractivity contribution >= 4 is 24.8 Å². The predicted octanol–water partition coefficient (Wildman–Crippen LogP) is 0.277. The number of rotatable bonds is 2. The lowest BCUT2D eigenvalue weighted by atomic mass is 9.92. The van der Waals surface area contributed by atoms with Gasteiger partial charge in [-0.05, 0) is 25.9 Å². The Labute approximate surface area is 110 Å². The van der Waals surface area contributed by atoms with Gasteiger partial charge in [-0.15, -0.1) is 24.8 Å². The van der Waals surface area contributed by atoms with Gasteiger partial charge in [0, 0.05) is 19.6 Å². The molecule has 0 bridgehead atoms. The van der Waals surface area contributed by atoms with Crippen molar-refractivity contribution in [1.82, 2.24) is 10.2 Å². The third-order valence-electron chi connectivity index (χ3n) is 3.16. The maximum Gasteiger partial charge on any atom is 0.0798 e. The van der Waals surface area contributed by atoms with E-state index in [1.54, 1.807) is 0 Å². The molecule has 0 aromatic rings. The lowest BCUT2D eigenvalue weighted by Gasteiger charge is -2.38. The van der Waals surface area contributed by atoms with E-state index < -0.39 is 5.60 Å². The Kier molecular flexibility index (Phi) is 7.89. The zero-order chi connectivity index (χ0) is 9.86. The van der Waals surface area contributed by atoms with Crippen LogP contribution in [0.15, 0.2) is 0 Å². The molecule has 0 radical (unpaired) electrons. The molecule has 0 spiro atoms. The summed E-state index contributed by atoms with van der Waals surface area (Å²) in [6, 6.07) is 0. The highest BCUT2D eigenvalue weighted by atomic mass is 35.5. The first kappa shape index (κ1) is 16.4. The van der Waals surface area contributed by atoms with E-state index in [0.29, 0.717) is 0 Å². The standard InChI is InChI=1S/C10H20N2O2.2ClH/c13-10(1-3-11-4-2-10)9-12-5-7-14-8-6-12;;/h11,13H,1-9H2;2*1H. The zero-order valence-electron chi connectivity index (χ0n) is 9.48. The van der Waals surface area contributed by atoms with Gasteiger partial charge in [0.15, 0.2) is 0 Å². The minimum absolute atomic E-state index is 0. The van der Waals surface area contributed by atoms with E-state index >= 15 is 0 Å². The fourth-order valence-corrected chi connectivity index (χ4v) is 2.23. The SMILES string of the molecule is Cl.Cl.OC1(CN2CCOCC2)CCNCC1. The van der Waals surface area contributed by atoms with Crippen LogP contribution in [0.5, 0.6) is 0 Å². The van der Waals surface area contributed by atoms with Crippen LogP contribution in [0.4, 0.5) is 0 Å². The number of piperidine rings is 1. The van der Waals surface area contributed by atoms with Crippen molar-refractivity contribution in [2.45, 2.75) is 18.4 Å². The molecule has 0 unspecified atom stereocenters. The summed E-state index contributed by atoms with van der Waals surface area (Å²) in [5.74, 6) is 0. The van der Waals surface area contributed by atoms with E-state index in [-0.39, 0.29) is 24.8 Å². The highest BCUT2D eigenvalue weighted by Crippen LogP contribution is 2.19. The number of nitrogens with zero attached hydrogens (tertiary/aromatic N) is 1. The van der Waals surface area contributed by atoms with E-state index in [9.17, 15) is 5.11 Å². The van der Waals surface area contributed by atoms with Crippen LogP contribution in [0.1, 0.15) is 12.8 Å². The molecule has 0 atom stereocenters. The van der Waals surface area contributed by atoms with E-state index in [1.165, 1.54) is 0 Å². The number of aliphatic hydroxyl groups is 1. The van der Waals surface area contributed by atoms with Crippen molar-refractivity contribution in [3.8, 4) is 0 Å². The summed E-state index contributed by atoms with van der Waals surface area (Å²) in [7, 11) is 0. The molecule has 2 aliphatic heterocycles. The average Bonchev–Trinajstić information content (AvgIpc) is 2.19. The highest BCUT2D eigenvalue weighted by Gasteiger charge is 2.31. The van der Waals surface area contributed by atoms with Crippen LogP contribution in [0, 0.1) is 0 Å². The molecule has 2 fully saturated rings. The van der Waals surface area contributed by atoms with Crippen molar-refractivity contribution < 1.29 is 9.84 Å². The van der Waals surface area contributed by atoms with Gasteiger partial charge in [0.05, 0.1) is 18.8 Å². The maximum atomic E-state index is 10.3. The number of hydrogen-bond donors (Lipinski definition) is 2. The van der Waals surface area contributed by atoms with Gasteiger partial charge >= 0.3 is 0 Å². The normalized spacial score (nSPS) is 25.3. The number of nitrogens with one attached hydrogen (secondary N) is 1. The zero-order valence-corrected chi connectivity index (χ0v) is 11.1. The summed E-state index contributed by atoms with van der Waals surface area (Å²) in [6.45, 7) is 6.27. The molecule has 0 aliphatic carbocycles. The Bertz CT molecular complexity index is 184. The van der Waals surface area contributed by atoms with Gasteiger partial charge in [-0.3, -0.25) is 4.90 Å². The van der Waals surface area contributed by atoms with Crippen molar-refractivity contribution in [3.05, 3.63) is 0 Å². The van der Waals surface area contributed by atoms with Crippen molar-refractivity contribution in [2.24, 2.45) is 0 Å². The summed E-state index contributed by atoms with van der Waals surface area (Å²) in [5.41, 5.74) is -0.456. The topological polar surface area (TPSA) is 44.7 Å². The Morgan fingerprint density at radius 3 is 2.25 bits per heavy atom. The third kappa shape index (κ3) is 4.73. The lowest BCUT2D eigenvalue weighted by Crippen LogP contribution is -2.52. The van der Waals surface area contributed by atoms with Gasteiger partial charge in [-0.1, -0.05) is 0 Å². The minimum atomic E-state index is -0.456. The number of β-amino-alcohol motifs (C(OH)–C–C–N with tert-alkyl or cyclic N) is 1. The second-order valence-electron chi connectivity index (χ2n) is 4.36. The van der Waals surface area contributed by atoms with Crippen LogP contribution >= 0.6 is 24.8 Å². The summed E-state index contributed by atoms with van der Waals surface area (Å²) >= 11 is 0. The molecule has 0 aromatic heterocycles. The third-order valence-corrected chi connectivity index (χ3v) is 3.16. The fourth-order valence-electron chi connectivity index (χ4n) is 2.23. The van der Waals surface area contributed by atoms with Crippen LogP contribution in [0.25, 0.3) is 0 Å². The molecule has 2 heterocycles. The fraction of sp³-hybridized carbons (Fsp3) is 1.00. The Morgan fingerprint density at radius 1 is 1.12 bits per heavy atom. The smallest absolute Gasteiger partial charge is 0.0798 e. The van der Waals surface area contributed by atoms with Crippen molar-refractivity contribution in [2.75, 3.05) is 45.9 Å². The molecule has 16 heavy (non-hydrogen) atoms. The molecule has 6 heteroatoms. The number of halogens is 2. The lowest BCUT2D eigenvalue weighted by molar-refractivity contribution is -0.0470. The van der Waals surface area contributed by atoms with E-state index in [4.69, 9.17) is 4.74 Å².